The number of anilines is 1. The second-order valence-corrected chi connectivity index (χ2v) is 5.22. The van der Waals surface area contributed by atoms with Crippen LogP contribution in [0.3, 0.4) is 0 Å². The topological polar surface area (TPSA) is 96.0 Å². The third kappa shape index (κ3) is 2.49. The normalized spacial score (nSPS) is 10.9. The van der Waals surface area contributed by atoms with E-state index in [9.17, 15) is 8.42 Å². The summed E-state index contributed by atoms with van der Waals surface area (Å²) in [5.41, 5.74) is 0.833. The van der Waals surface area contributed by atoms with E-state index in [2.05, 4.69) is 9.71 Å². The molecule has 1 N–H and O–H groups in total. The van der Waals surface area contributed by atoms with Crippen molar-refractivity contribution in [1.82, 2.24) is 4.98 Å². The summed E-state index contributed by atoms with van der Waals surface area (Å²) in [5.74, 6) is 0. The summed E-state index contributed by atoms with van der Waals surface area (Å²) in [6.45, 7) is 1.68. The highest BCUT2D eigenvalue weighted by molar-refractivity contribution is 7.92. The fourth-order valence-corrected chi connectivity index (χ4v) is 2.29. The number of aromatic nitrogens is 1. The van der Waals surface area contributed by atoms with Crippen LogP contribution in [0, 0.1) is 18.3 Å². The first-order chi connectivity index (χ1) is 8.51. The van der Waals surface area contributed by atoms with E-state index in [1.165, 1.54) is 30.5 Å². The van der Waals surface area contributed by atoms with Crippen LogP contribution in [0.5, 0.6) is 0 Å². The van der Waals surface area contributed by atoms with Crippen molar-refractivity contribution in [3.63, 3.8) is 0 Å². The van der Waals surface area contributed by atoms with Crippen molar-refractivity contribution >= 4 is 16.0 Å². The average molecular weight is 263 g/mol. The van der Waals surface area contributed by atoms with Gasteiger partial charge in [-0.15, -0.1) is 0 Å². The van der Waals surface area contributed by atoms with E-state index >= 15 is 0 Å². The monoisotopic (exact) mass is 263 g/mol. The van der Waals surface area contributed by atoms with E-state index < -0.39 is 10.0 Å². The fraction of sp³-hybridized carbons (Fsp3) is 0.0909. The number of nitriles is 1. The maximum Gasteiger partial charge on any atom is 0.309 e. The number of hydrogen-bond donors (Lipinski definition) is 1. The standard InChI is InChI=1S/C11H9N3O3S/c1-8-7-17-11(13-8)14-18(15,16)10-4-2-3-9(5-10)6-12/h2-5,7H,1H3,(H,13,14). The molecule has 1 aromatic heterocycles. The molecule has 0 saturated heterocycles. The third-order valence-electron chi connectivity index (χ3n) is 2.11. The Hall–Kier alpha value is -2.33. The molecule has 92 valence electrons. The SMILES string of the molecule is Cc1coc(NS(=O)(=O)c2cccc(C#N)c2)n1. The van der Waals surface area contributed by atoms with Crippen LogP contribution in [0.15, 0.2) is 39.8 Å². The molecule has 0 amide bonds. The molecule has 1 aromatic carbocycles. The molecule has 2 aromatic rings. The molecule has 0 radical (unpaired) electrons. The highest BCUT2D eigenvalue weighted by Crippen LogP contribution is 2.16. The molecule has 1 heterocycles. The summed E-state index contributed by atoms with van der Waals surface area (Å²) in [4.78, 5) is 3.83. The first kappa shape index (κ1) is 12.1. The maximum atomic E-state index is 12.0. The Balaban J connectivity index is 2.34. The van der Waals surface area contributed by atoms with Crippen LogP contribution in [0.4, 0.5) is 6.01 Å². The number of sulfonamides is 1. The highest BCUT2D eigenvalue weighted by atomic mass is 32.2. The van der Waals surface area contributed by atoms with Crippen LogP contribution in [-0.2, 0) is 10.0 Å². The van der Waals surface area contributed by atoms with Crippen LogP contribution in [0.1, 0.15) is 11.3 Å². The van der Waals surface area contributed by atoms with Gasteiger partial charge >= 0.3 is 6.01 Å². The molecule has 0 aliphatic carbocycles. The zero-order valence-corrected chi connectivity index (χ0v) is 10.2. The number of oxazole rings is 1. The van der Waals surface area contributed by atoms with E-state index in [-0.39, 0.29) is 16.5 Å². The zero-order valence-electron chi connectivity index (χ0n) is 9.41. The molecule has 0 fully saturated rings. The van der Waals surface area contributed by atoms with Crippen molar-refractivity contribution in [2.45, 2.75) is 11.8 Å². The maximum absolute atomic E-state index is 12.0. The van der Waals surface area contributed by atoms with E-state index in [0.29, 0.717) is 5.69 Å². The van der Waals surface area contributed by atoms with Crippen molar-refractivity contribution in [3.05, 3.63) is 41.8 Å². The molecule has 0 aliphatic heterocycles. The molecule has 7 heteroatoms. The number of nitrogens with one attached hydrogen (secondary N) is 1. The van der Waals surface area contributed by atoms with Crippen LogP contribution in [-0.4, -0.2) is 13.4 Å². The van der Waals surface area contributed by atoms with Gasteiger partial charge in [0.1, 0.15) is 6.26 Å². The van der Waals surface area contributed by atoms with Crippen LogP contribution in [0.25, 0.3) is 0 Å². The quantitative estimate of drug-likeness (QED) is 0.908. The molecule has 18 heavy (non-hydrogen) atoms. The number of nitrogens with zero attached hydrogens (tertiary/aromatic N) is 2. The molecular weight excluding hydrogens is 254 g/mol. The molecule has 2 rings (SSSR count). The minimum Gasteiger partial charge on any atom is -0.431 e. The minimum absolute atomic E-state index is 0.0163. The predicted octanol–water partition coefficient (Wildman–Crippen LogP) is 1.66. The summed E-state index contributed by atoms with van der Waals surface area (Å²) < 4.78 is 31.0. The van der Waals surface area contributed by atoms with E-state index in [1.807, 2.05) is 6.07 Å². The van der Waals surface area contributed by atoms with Gasteiger partial charge in [0.05, 0.1) is 22.2 Å². The summed E-state index contributed by atoms with van der Waals surface area (Å²) in [6, 6.07) is 7.45. The van der Waals surface area contributed by atoms with Gasteiger partial charge < -0.3 is 4.42 Å². The Bertz CT molecular complexity index is 713. The van der Waals surface area contributed by atoms with E-state index in [0.717, 1.165) is 0 Å². The molecule has 0 unspecified atom stereocenters. The van der Waals surface area contributed by atoms with Crippen molar-refractivity contribution < 1.29 is 12.8 Å². The lowest BCUT2D eigenvalue weighted by Crippen LogP contribution is -2.13. The number of aryl methyl sites for hydroxylation is 1. The number of hydrogen-bond acceptors (Lipinski definition) is 5. The third-order valence-corrected chi connectivity index (χ3v) is 3.43. The van der Waals surface area contributed by atoms with Crippen molar-refractivity contribution in [1.29, 1.82) is 5.26 Å². The Morgan fingerprint density at radius 3 is 2.83 bits per heavy atom. The number of benzene rings is 1. The molecular formula is C11H9N3O3S. The van der Waals surface area contributed by atoms with Gasteiger partial charge in [0.15, 0.2) is 0 Å². The van der Waals surface area contributed by atoms with Gasteiger partial charge in [-0.1, -0.05) is 6.07 Å². The van der Waals surface area contributed by atoms with E-state index in [4.69, 9.17) is 9.68 Å². The van der Waals surface area contributed by atoms with Crippen molar-refractivity contribution in [2.75, 3.05) is 4.72 Å². The van der Waals surface area contributed by atoms with Gasteiger partial charge in [0.2, 0.25) is 0 Å². The molecule has 0 aliphatic rings. The predicted molar refractivity (Wildman–Crippen MR) is 63.2 cm³/mol. The van der Waals surface area contributed by atoms with Gasteiger partial charge in [0, 0.05) is 0 Å². The van der Waals surface area contributed by atoms with Crippen LogP contribution in [0.2, 0.25) is 0 Å². The van der Waals surface area contributed by atoms with Gasteiger partial charge in [-0.05, 0) is 25.1 Å². The first-order valence-corrected chi connectivity index (χ1v) is 6.45. The Kier molecular flexibility index (Phi) is 3.04. The van der Waals surface area contributed by atoms with Gasteiger partial charge in [-0.3, -0.25) is 0 Å². The van der Waals surface area contributed by atoms with E-state index in [1.54, 1.807) is 6.92 Å². The van der Waals surface area contributed by atoms with Gasteiger partial charge in [-0.25, -0.2) is 13.1 Å². The first-order valence-electron chi connectivity index (χ1n) is 4.96. The van der Waals surface area contributed by atoms with Crippen LogP contribution >= 0.6 is 0 Å². The lowest BCUT2D eigenvalue weighted by molar-refractivity contribution is 0.569. The lowest BCUT2D eigenvalue weighted by Gasteiger charge is -2.04. The zero-order chi connectivity index (χ0) is 13.2. The van der Waals surface area contributed by atoms with Crippen molar-refractivity contribution in [2.24, 2.45) is 0 Å². The largest absolute Gasteiger partial charge is 0.431 e. The summed E-state index contributed by atoms with van der Waals surface area (Å²) in [7, 11) is -3.79. The number of rotatable bonds is 3. The summed E-state index contributed by atoms with van der Waals surface area (Å²) >= 11 is 0. The molecule has 0 spiro atoms. The van der Waals surface area contributed by atoms with Gasteiger partial charge in [-0.2, -0.15) is 10.2 Å². The molecule has 0 atom stereocenters. The fourth-order valence-electron chi connectivity index (χ4n) is 1.31. The van der Waals surface area contributed by atoms with Crippen molar-refractivity contribution in [3.8, 4) is 6.07 Å². The Morgan fingerprint density at radius 1 is 1.44 bits per heavy atom. The molecule has 0 saturated carbocycles. The smallest absolute Gasteiger partial charge is 0.309 e. The molecule has 6 nitrogen and oxygen atoms in total. The minimum atomic E-state index is -3.79. The van der Waals surface area contributed by atoms with Crippen LogP contribution < -0.4 is 4.72 Å². The molecule has 0 bridgehead atoms. The average Bonchev–Trinajstić information content (AvgIpc) is 2.74. The Morgan fingerprint density at radius 2 is 2.22 bits per heavy atom. The highest BCUT2D eigenvalue weighted by Gasteiger charge is 2.17. The summed E-state index contributed by atoms with van der Waals surface area (Å²) in [6.07, 6.45) is 1.34. The second-order valence-electron chi connectivity index (χ2n) is 3.54. The second kappa shape index (κ2) is 4.50. The van der Waals surface area contributed by atoms with Gasteiger partial charge in [0.25, 0.3) is 10.0 Å². The Labute approximate surface area is 104 Å². The summed E-state index contributed by atoms with van der Waals surface area (Å²) in [5, 5.41) is 8.72. The lowest BCUT2D eigenvalue weighted by atomic mass is 10.2.